The Hall–Kier alpha value is -2.99. The Morgan fingerprint density at radius 1 is 0.920 bits per heavy atom. The SMILES string of the molecule is O=C(/C=C/c1ccc(O)c(O)c1)CC(O)CCc1ccc(O)c(O)c1. The number of aromatic hydroxyl groups is 4. The average Bonchev–Trinajstić information content (AvgIpc) is 2.57. The van der Waals surface area contributed by atoms with E-state index in [1.54, 1.807) is 12.1 Å². The second-order valence-electron chi connectivity index (χ2n) is 5.77. The molecule has 6 heteroatoms. The second-order valence-corrected chi connectivity index (χ2v) is 5.77. The molecule has 6 nitrogen and oxygen atoms in total. The van der Waals surface area contributed by atoms with Gasteiger partial charge < -0.3 is 25.5 Å². The molecule has 0 spiro atoms. The van der Waals surface area contributed by atoms with Crippen LogP contribution in [-0.4, -0.2) is 37.4 Å². The first-order chi connectivity index (χ1) is 11.8. The van der Waals surface area contributed by atoms with E-state index in [4.69, 9.17) is 0 Å². The number of aliphatic hydroxyl groups excluding tert-OH is 1. The van der Waals surface area contributed by atoms with Crippen molar-refractivity contribution >= 4 is 11.9 Å². The van der Waals surface area contributed by atoms with Crippen molar-refractivity contribution in [1.29, 1.82) is 0 Å². The molecule has 1 atom stereocenters. The number of carbonyl (C=O) groups is 1. The van der Waals surface area contributed by atoms with Crippen LogP contribution in [0.3, 0.4) is 0 Å². The van der Waals surface area contributed by atoms with E-state index >= 15 is 0 Å². The highest BCUT2D eigenvalue weighted by molar-refractivity contribution is 5.93. The molecule has 0 radical (unpaired) electrons. The number of phenolic OH excluding ortho intramolecular Hbond substituents is 4. The van der Waals surface area contributed by atoms with Crippen LogP contribution in [0, 0.1) is 0 Å². The third kappa shape index (κ3) is 5.54. The fraction of sp³-hybridized carbons (Fsp3) is 0.211. The average molecular weight is 344 g/mol. The normalized spacial score (nSPS) is 12.4. The van der Waals surface area contributed by atoms with E-state index in [0.717, 1.165) is 5.56 Å². The summed E-state index contributed by atoms with van der Waals surface area (Å²) in [6.45, 7) is 0. The minimum Gasteiger partial charge on any atom is -0.504 e. The van der Waals surface area contributed by atoms with Gasteiger partial charge in [-0.1, -0.05) is 18.2 Å². The Balaban J connectivity index is 1.83. The Morgan fingerprint density at radius 2 is 1.56 bits per heavy atom. The van der Waals surface area contributed by atoms with Crippen molar-refractivity contribution in [3.05, 3.63) is 53.6 Å². The molecule has 0 fully saturated rings. The van der Waals surface area contributed by atoms with Crippen molar-refractivity contribution < 1.29 is 30.3 Å². The molecule has 2 aromatic rings. The molecule has 0 aliphatic carbocycles. The summed E-state index contributed by atoms with van der Waals surface area (Å²) in [5, 5.41) is 47.2. The predicted molar refractivity (Wildman–Crippen MR) is 92.5 cm³/mol. The van der Waals surface area contributed by atoms with Gasteiger partial charge in [0.15, 0.2) is 28.8 Å². The summed E-state index contributed by atoms with van der Waals surface area (Å²) in [5.74, 6) is -1.20. The van der Waals surface area contributed by atoms with E-state index in [0.29, 0.717) is 18.4 Å². The third-order valence-corrected chi connectivity index (χ3v) is 3.70. The number of aryl methyl sites for hydroxylation is 1. The Labute approximate surface area is 144 Å². The molecule has 25 heavy (non-hydrogen) atoms. The third-order valence-electron chi connectivity index (χ3n) is 3.70. The molecule has 0 aromatic heterocycles. The van der Waals surface area contributed by atoms with Crippen LogP contribution in [0.5, 0.6) is 23.0 Å². The molecule has 0 aliphatic heterocycles. The lowest BCUT2D eigenvalue weighted by Crippen LogP contribution is -2.12. The van der Waals surface area contributed by atoms with Crippen LogP contribution in [-0.2, 0) is 11.2 Å². The number of benzene rings is 2. The van der Waals surface area contributed by atoms with Gasteiger partial charge in [0.2, 0.25) is 0 Å². The van der Waals surface area contributed by atoms with Gasteiger partial charge in [-0.2, -0.15) is 0 Å². The van der Waals surface area contributed by atoms with Crippen molar-refractivity contribution in [1.82, 2.24) is 0 Å². The number of phenols is 4. The van der Waals surface area contributed by atoms with Crippen molar-refractivity contribution in [3.8, 4) is 23.0 Å². The van der Waals surface area contributed by atoms with Crippen molar-refractivity contribution in [3.63, 3.8) is 0 Å². The zero-order valence-corrected chi connectivity index (χ0v) is 13.5. The predicted octanol–water partition coefficient (Wildman–Crippen LogP) is 2.48. The first-order valence-corrected chi connectivity index (χ1v) is 7.77. The van der Waals surface area contributed by atoms with Crippen LogP contribution in [0.15, 0.2) is 42.5 Å². The number of aliphatic hydroxyl groups is 1. The van der Waals surface area contributed by atoms with Gasteiger partial charge in [-0.15, -0.1) is 0 Å². The lowest BCUT2D eigenvalue weighted by atomic mass is 10.0. The standard InChI is InChI=1S/C19H20O6/c20-14(5-1-12-3-7-16(22)18(24)9-12)11-15(21)6-2-13-4-8-17(23)19(25)10-13/h1,3-5,7-10,15,21-25H,2,6,11H2/b5-1+. The van der Waals surface area contributed by atoms with E-state index in [1.807, 2.05) is 0 Å². The number of allylic oxidation sites excluding steroid dienone is 1. The Kier molecular flexibility index (Phi) is 6.03. The van der Waals surface area contributed by atoms with Crippen molar-refractivity contribution in [2.24, 2.45) is 0 Å². The number of ketones is 1. The fourth-order valence-corrected chi connectivity index (χ4v) is 2.29. The van der Waals surface area contributed by atoms with Crippen LogP contribution in [0.4, 0.5) is 0 Å². The van der Waals surface area contributed by atoms with E-state index < -0.39 is 6.10 Å². The summed E-state index contributed by atoms with van der Waals surface area (Å²) in [7, 11) is 0. The fourth-order valence-electron chi connectivity index (χ4n) is 2.29. The van der Waals surface area contributed by atoms with Crippen LogP contribution >= 0.6 is 0 Å². The number of carbonyl (C=O) groups excluding carboxylic acids is 1. The molecular formula is C19H20O6. The number of hydrogen-bond donors (Lipinski definition) is 5. The van der Waals surface area contributed by atoms with Gasteiger partial charge in [0.25, 0.3) is 0 Å². The van der Waals surface area contributed by atoms with E-state index in [9.17, 15) is 30.3 Å². The molecule has 0 amide bonds. The number of hydrogen-bond acceptors (Lipinski definition) is 6. The lowest BCUT2D eigenvalue weighted by Gasteiger charge is -2.09. The molecule has 0 saturated carbocycles. The van der Waals surface area contributed by atoms with Gasteiger partial charge in [0.05, 0.1) is 6.10 Å². The lowest BCUT2D eigenvalue weighted by molar-refractivity contribution is -0.116. The summed E-state index contributed by atoms with van der Waals surface area (Å²) in [6.07, 6.45) is 2.71. The minimum absolute atomic E-state index is 0.0510. The van der Waals surface area contributed by atoms with Crippen molar-refractivity contribution in [2.75, 3.05) is 0 Å². The molecule has 132 valence electrons. The molecule has 2 aromatic carbocycles. The monoisotopic (exact) mass is 344 g/mol. The molecule has 0 aliphatic rings. The quantitative estimate of drug-likeness (QED) is 0.389. The van der Waals surface area contributed by atoms with Crippen LogP contribution in [0.2, 0.25) is 0 Å². The maximum atomic E-state index is 11.9. The summed E-state index contributed by atoms with van der Waals surface area (Å²) < 4.78 is 0. The first-order valence-electron chi connectivity index (χ1n) is 7.77. The molecule has 0 bridgehead atoms. The zero-order valence-electron chi connectivity index (χ0n) is 13.5. The van der Waals surface area contributed by atoms with E-state index in [1.165, 1.54) is 36.4 Å². The van der Waals surface area contributed by atoms with E-state index in [2.05, 4.69) is 0 Å². The van der Waals surface area contributed by atoms with Gasteiger partial charge in [0.1, 0.15) is 0 Å². The summed E-state index contributed by atoms with van der Waals surface area (Å²) in [4.78, 5) is 11.9. The summed E-state index contributed by atoms with van der Waals surface area (Å²) >= 11 is 0. The zero-order chi connectivity index (χ0) is 18.4. The molecule has 5 N–H and O–H groups in total. The van der Waals surface area contributed by atoms with Crippen molar-refractivity contribution in [2.45, 2.75) is 25.4 Å². The smallest absolute Gasteiger partial charge is 0.158 e. The highest BCUT2D eigenvalue weighted by atomic mass is 16.3. The van der Waals surface area contributed by atoms with Gasteiger partial charge in [-0.3, -0.25) is 4.79 Å². The first kappa shape index (κ1) is 18.4. The number of rotatable bonds is 7. The Bertz CT molecular complexity index is 781. The molecular weight excluding hydrogens is 324 g/mol. The van der Waals surface area contributed by atoms with Crippen LogP contribution in [0.1, 0.15) is 24.0 Å². The maximum absolute atomic E-state index is 11.9. The van der Waals surface area contributed by atoms with Gasteiger partial charge in [-0.05, 0) is 54.3 Å². The van der Waals surface area contributed by atoms with Gasteiger partial charge in [0, 0.05) is 6.42 Å². The van der Waals surface area contributed by atoms with Gasteiger partial charge in [-0.25, -0.2) is 0 Å². The van der Waals surface area contributed by atoms with Crippen LogP contribution < -0.4 is 0 Å². The topological polar surface area (TPSA) is 118 Å². The highest BCUT2D eigenvalue weighted by Crippen LogP contribution is 2.26. The molecule has 2 rings (SSSR count). The van der Waals surface area contributed by atoms with E-state index in [-0.39, 0.29) is 35.2 Å². The largest absolute Gasteiger partial charge is 0.504 e. The molecule has 0 saturated heterocycles. The van der Waals surface area contributed by atoms with Gasteiger partial charge >= 0.3 is 0 Å². The second kappa shape index (κ2) is 8.21. The van der Waals surface area contributed by atoms with Crippen LogP contribution in [0.25, 0.3) is 6.08 Å². The Morgan fingerprint density at radius 3 is 2.20 bits per heavy atom. The maximum Gasteiger partial charge on any atom is 0.158 e. The molecule has 1 unspecified atom stereocenters. The summed E-state index contributed by atoms with van der Waals surface area (Å²) in [5.41, 5.74) is 1.30. The highest BCUT2D eigenvalue weighted by Gasteiger charge is 2.10. The summed E-state index contributed by atoms with van der Waals surface area (Å²) in [6, 6.07) is 8.63. The molecule has 0 heterocycles. The minimum atomic E-state index is -0.832.